The van der Waals surface area contributed by atoms with Gasteiger partial charge in [-0.3, -0.25) is 0 Å². The Bertz CT molecular complexity index is 678. The van der Waals surface area contributed by atoms with Gasteiger partial charge in [0, 0.05) is 11.4 Å². The van der Waals surface area contributed by atoms with Crippen molar-refractivity contribution in [2.45, 2.75) is 26.2 Å². The molecule has 0 heterocycles. The molecule has 0 spiro atoms. The highest BCUT2D eigenvalue weighted by atomic mass is 35.5. The van der Waals surface area contributed by atoms with Crippen LogP contribution in [-0.4, -0.2) is 5.11 Å². The van der Waals surface area contributed by atoms with Gasteiger partial charge in [-0.15, -0.1) is 0 Å². The summed E-state index contributed by atoms with van der Waals surface area (Å²) in [5.74, 6) is -0.455. The van der Waals surface area contributed by atoms with E-state index in [1.165, 1.54) is 17.7 Å². The van der Waals surface area contributed by atoms with E-state index in [-0.39, 0.29) is 10.4 Å². The summed E-state index contributed by atoms with van der Waals surface area (Å²) < 4.78 is 13.1. The highest BCUT2D eigenvalue weighted by Gasteiger charge is 2.12. The molecule has 0 aliphatic heterocycles. The highest BCUT2D eigenvalue weighted by Crippen LogP contribution is 2.24. The van der Waals surface area contributed by atoms with Gasteiger partial charge in [0.05, 0.1) is 5.02 Å². The molecule has 0 fully saturated rings. The van der Waals surface area contributed by atoms with Crippen LogP contribution in [0.4, 0.5) is 15.8 Å². The summed E-state index contributed by atoms with van der Waals surface area (Å²) in [6.45, 7) is 6.50. The Morgan fingerprint density at radius 2 is 1.55 bits per heavy atom. The van der Waals surface area contributed by atoms with Crippen molar-refractivity contribution in [3.8, 4) is 0 Å². The van der Waals surface area contributed by atoms with Crippen molar-refractivity contribution >= 4 is 40.3 Å². The number of benzene rings is 2. The Labute approximate surface area is 140 Å². The topological polar surface area (TPSA) is 24.1 Å². The molecule has 2 N–H and O–H groups in total. The molecule has 2 aromatic carbocycles. The number of rotatable bonds is 2. The van der Waals surface area contributed by atoms with Crippen LogP contribution in [0.25, 0.3) is 0 Å². The Hall–Kier alpha value is -1.65. The van der Waals surface area contributed by atoms with E-state index < -0.39 is 5.82 Å². The molecule has 2 aromatic rings. The molecule has 22 heavy (non-hydrogen) atoms. The number of hydrogen-bond acceptors (Lipinski definition) is 1. The van der Waals surface area contributed by atoms with Crippen LogP contribution < -0.4 is 10.6 Å². The summed E-state index contributed by atoms with van der Waals surface area (Å²) in [4.78, 5) is 0. The normalized spacial score (nSPS) is 11.1. The predicted molar refractivity (Wildman–Crippen MR) is 96.4 cm³/mol. The maximum absolute atomic E-state index is 13.1. The number of nitrogens with one attached hydrogen (secondary N) is 2. The van der Waals surface area contributed by atoms with Crippen molar-refractivity contribution < 1.29 is 4.39 Å². The van der Waals surface area contributed by atoms with Crippen LogP contribution in [0.1, 0.15) is 26.3 Å². The molecule has 0 radical (unpaired) electrons. The number of hydrogen-bond donors (Lipinski definition) is 2. The smallest absolute Gasteiger partial charge is 0.175 e. The van der Waals surface area contributed by atoms with Gasteiger partial charge in [0.2, 0.25) is 0 Å². The van der Waals surface area contributed by atoms with Gasteiger partial charge in [-0.25, -0.2) is 4.39 Å². The van der Waals surface area contributed by atoms with Gasteiger partial charge in [0.25, 0.3) is 0 Å². The monoisotopic (exact) mass is 336 g/mol. The molecule has 116 valence electrons. The summed E-state index contributed by atoms with van der Waals surface area (Å²) in [6.07, 6.45) is 0. The van der Waals surface area contributed by atoms with E-state index in [1.807, 2.05) is 12.1 Å². The number of anilines is 2. The molecule has 0 aliphatic carbocycles. The molecular formula is C17H18ClFN2S. The zero-order valence-corrected chi connectivity index (χ0v) is 14.3. The lowest BCUT2D eigenvalue weighted by Crippen LogP contribution is -2.19. The lowest BCUT2D eigenvalue weighted by molar-refractivity contribution is 0.590. The summed E-state index contributed by atoms with van der Waals surface area (Å²) in [5, 5.41) is 6.54. The van der Waals surface area contributed by atoms with Crippen LogP contribution in [0.2, 0.25) is 5.02 Å². The van der Waals surface area contributed by atoms with E-state index in [2.05, 4.69) is 43.5 Å². The molecule has 0 saturated carbocycles. The molecule has 0 atom stereocenters. The Morgan fingerprint density at radius 1 is 1.00 bits per heavy atom. The summed E-state index contributed by atoms with van der Waals surface area (Å²) in [6, 6.07) is 12.5. The molecule has 0 amide bonds. The standard InChI is InChI=1S/C17H18ClFN2S/c1-17(2,3)11-4-6-12(7-5-11)20-16(22)21-13-8-9-15(19)14(18)10-13/h4-10H,1-3H3,(H2,20,21,22). The maximum Gasteiger partial charge on any atom is 0.175 e. The SMILES string of the molecule is CC(C)(C)c1ccc(NC(=S)Nc2ccc(F)c(Cl)c2)cc1. The Morgan fingerprint density at radius 3 is 2.09 bits per heavy atom. The van der Waals surface area contributed by atoms with E-state index in [0.717, 1.165) is 5.69 Å². The number of halogens is 2. The van der Waals surface area contributed by atoms with Gasteiger partial charge in [-0.2, -0.15) is 0 Å². The highest BCUT2D eigenvalue weighted by molar-refractivity contribution is 7.80. The van der Waals surface area contributed by atoms with Crippen LogP contribution in [0.3, 0.4) is 0 Å². The van der Waals surface area contributed by atoms with Crippen molar-refractivity contribution in [2.24, 2.45) is 0 Å². The first-order valence-corrected chi connectivity index (χ1v) is 7.68. The lowest BCUT2D eigenvalue weighted by Gasteiger charge is -2.19. The van der Waals surface area contributed by atoms with Gasteiger partial charge < -0.3 is 10.6 Å². The van der Waals surface area contributed by atoms with Crippen molar-refractivity contribution in [3.05, 3.63) is 58.9 Å². The van der Waals surface area contributed by atoms with E-state index in [0.29, 0.717) is 10.8 Å². The maximum atomic E-state index is 13.1. The third-order valence-corrected chi connectivity index (χ3v) is 3.68. The summed E-state index contributed by atoms with van der Waals surface area (Å²) >= 11 is 11.0. The predicted octanol–water partition coefficient (Wildman–Crippen LogP) is 5.59. The largest absolute Gasteiger partial charge is 0.332 e. The fourth-order valence-corrected chi connectivity index (χ4v) is 2.34. The fourth-order valence-electron chi connectivity index (χ4n) is 1.92. The average Bonchev–Trinajstić information content (AvgIpc) is 2.42. The second-order valence-electron chi connectivity index (χ2n) is 6.04. The van der Waals surface area contributed by atoms with Crippen molar-refractivity contribution in [1.29, 1.82) is 0 Å². The minimum Gasteiger partial charge on any atom is -0.332 e. The van der Waals surface area contributed by atoms with E-state index in [9.17, 15) is 4.39 Å². The van der Waals surface area contributed by atoms with E-state index in [1.54, 1.807) is 6.07 Å². The Balaban J connectivity index is 2.01. The van der Waals surface area contributed by atoms with Crippen LogP contribution in [0, 0.1) is 5.82 Å². The molecule has 0 aromatic heterocycles. The zero-order chi connectivity index (χ0) is 16.3. The third-order valence-electron chi connectivity index (χ3n) is 3.19. The van der Waals surface area contributed by atoms with Gasteiger partial charge in [-0.1, -0.05) is 44.5 Å². The van der Waals surface area contributed by atoms with Crippen LogP contribution in [0.5, 0.6) is 0 Å². The second kappa shape index (κ2) is 6.63. The molecule has 2 nitrogen and oxygen atoms in total. The summed E-state index contributed by atoms with van der Waals surface area (Å²) in [7, 11) is 0. The van der Waals surface area contributed by atoms with Gasteiger partial charge >= 0.3 is 0 Å². The van der Waals surface area contributed by atoms with Gasteiger partial charge in [0.15, 0.2) is 5.11 Å². The van der Waals surface area contributed by atoms with Crippen molar-refractivity contribution in [2.75, 3.05) is 10.6 Å². The first-order chi connectivity index (χ1) is 10.3. The molecule has 0 bridgehead atoms. The van der Waals surface area contributed by atoms with Crippen molar-refractivity contribution in [3.63, 3.8) is 0 Å². The summed E-state index contributed by atoms with van der Waals surface area (Å²) in [5.41, 5.74) is 2.89. The van der Waals surface area contributed by atoms with E-state index in [4.69, 9.17) is 23.8 Å². The first-order valence-electron chi connectivity index (χ1n) is 6.89. The van der Waals surface area contributed by atoms with Crippen molar-refractivity contribution in [1.82, 2.24) is 0 Å². The van der Waals surface area contributed by atoms with Crippen LogP contribution in [-0.2, 0) is 5.41 Å². The molecule has 2 rings (SSSR count). The molecule has 5 heteroatoms. The van der Waals surface area contributed by atoms with Crippen LogP contribution >= 0.6 is 23.8 Å². The molecule has 0 saturated heterocycles. The molecular weight excluding hydrogens is 319 g/mol. The number of thiocarbonyl (C=S) groups is 1. The van der Waals surface area contributed by atoms with Gasteiger partial charge in [-0.05, 0) is 53.5 Å². The van der Waals surface area contributed by atoms with Gasteiger partial charge in [0.1, 0.15) is 5.82 Å². The minimum absolute atomic E-state index is 0.0577. The minimum atomic E-state index is -0.455. The quantitative estimate of drug-likeness (QED) is 0.699. The van der Waals surface area contributed by atoms with E-state index >= 15 is 0 Å². The fraction of sp³-hybridized carbons (Fsp3) is 0.235. The molecule has 0 unspecified atom stereocenters. The average molecular weight is 337 g/mol. The molecule has 0 aliphatic rings. The first kappa shape index (κ1) is 16.7. The lowest BCUT2D eigenvalue weighted by atomic mass is 9.87. The third kappa shape index (κ3) is 4.42. The Kier molecular flexibility index (Phi) is 5.04. The van der Waals surface area contributed by atoms with Crippen LogP contribution in [0.15, 0.2) is 42.5 Å². The zero-order valence-electron chi connectivity index (χ0n) is 12.7. The second-order valence-corrected chi connectivity index (χ2v) is 6.85.